The van der Waals surface area contributed by atoms with Crippen molar-refractivity contribution in [3.63, 3.8) is 0 Å². The summed E-state index contributed by atoms with van der Waals surface area (Å²) in [4.78, 5) is 47.3. The lowest BCUT2D eigenvalue weighted by Crippen LogP contribution is -2.41. The van der Waals surface area contributed by atoms with Crippen molar-refractivity contribution in [2.75, 3.05) is 13.2 Å². The lowest BCUT2D eigenvalue weighted by molar-refractivity contribution is -0.0592. The second-order valence-corrected chi connectivity index (χ2v) is 18.7. The zero-order chi connectivity index (χ0) is 44.6. The van der Waals surface area contributed by atoms with E-state index in [1.807, 2.05) is 35.6 Å². The Morgan fingerprint density at radius 2 is 1.78 bits per heavy atom. The average Bonchev–Trinajstić information content (AvgIpc) is 3.89. The first-order valence-corrected chi connectivity index (χ1v) is 22.0. The Labute approximate surface area is 370 Å². The first kappa shape index (κ1) is 40.3. The van der Waals surface area contributed by atoms with Crippen LogP contribution in [0.3, 0.4) is 0 Å². The van der Waals surface area contributed by atoms with Crippen LogP contribution in [0.4, 0.5) is 4.39 Å². The number of aryl methyl sites for hydroxylation is 2. The van der Waals surface area contributed by atoms with Crippen LogP contribution in [0.5, 0.6) is 0 Å². The number of amides is 1. The van der Waals surface area contributed by atoms with Gasteiger partial charge in [-0.1, -0.05) is 29.7 Å². The van der Waals surface area contributed by atoms with Gasteiger partial charge < -0.3 is 14.2 Å². The number of H-pyrrole nitrogens is 1. The number of imidazole rings is 1. The van der Waals surface area contributed by atoms with Crippen LogP contribution >= 0.6 is 11.6 Å². The number of benzene rings is 3. The van der Waals surface area contributed by atoms with E-state index in [1.165, 1.54) is 20.8 Å². The summed E-state index contributed by atoms with van der Waals surface area (Å²) in [7, 11) is 1.82. The van der Waals surface area contributed by atoms with Gasteiger partial charge in [0.15, 0.2) is 5.82 Å². The Bertz CT molecular complexity index is 3350. The topological polar surface area (TPSA) is 156 Å². The van der Waals surface area contributed by atoms with E-state index in [0.717, 1.165) is 29.3 Å². The predicted octanol–water partition coefficient (Wildman–Crippen LogP) is 7.65. The first-order chi connectivity index (χ1) is 30.6. The summed E-state index contributed by atoms with van der Waals surface area (Å²) in [5.74, 6) is -0.175. The SMILES string of the molecule is Cc1cc(-n2nc3c(c2-n2ccn(-c4ccc5c(cnn5C)c4Cl)c2=O)[C@H](C)N(C(=O)c2cc4cc([C@H]5CCOC(C)(C)C5)ccc4n2[C@@]2(c4noc(=O)[nH]4)C[C@@H]2C)CC3)ccc1F. The molecule has 1 amide bonds. The summed E-state index contributed by atoms with van der Waals surface area (Å²) in [6.45, 7) is 10.9. The van der Waals surface area contributed by atoms with Gasteiger partial charge in [-0.25, -0.2) is 18.7 Å². The highest BCUT2D eigenvalue weighted by atomic mass is 35.5. The van der Waals surface area contributed by atoms with Crippen LogP contribution in [0.15, 0.2) is 87.3 Å². The van der Waals surface area contributed by atoms with E-state index >= 15 is 4.79 Å². The summed E-state index contributed by atoms with van der Waals surface area (Å²) in [6, 6.07) is 16.1. The molecule has 4 atom stereocenters. The number of nitrogens with one attached hydrogen (secondary N) is 1. The molecule has 328 valence electrons. The van der Waals surface area contributed by atoms with Gasteiger partial charge in [0, 0.05) is 60.9 Å². The van der Waals surface area contributed by atoms with E-state index in [4.69, 9.17) is 26.0 Å². The third-order valence-corrected chi connectivity index (χ3v) is 14.3. The zero-order valence-corrected chi connectivity index (χ0v) is 37.0. The second-order valence-electron chi connectivity index (χ2n) is 18.3. The van der Waals surface area contributed by atoms with Crippen molar-refractivity contribution in [1.29, 1.82) is 0 Å². The maximum absolute atomic E-state index is 15.5. The average molecular weight is 885 g/mol. The Balaban J connectivity index is 1.05. The maximum Gasteiger partial charge on any atom is 0.438 e. The molecular formula is C47H46ClFN10O5. The summed E-state index contributed by atoms with van der Waals surface area (Å²) < 4.78 is 34.2. The molecular weight excluding hydrogens is 839 g/mol. The number of rotatable bonds is 7. The zero-order valence-electron chi connectivity index (χ0n) is 36.2. The fraction of sp³-hybridized carbons (Fsp3) is 0.362. The van der Waals surface area contributed by atoms with E-state index in [9.17, 15) is 14.0 Å². The molecule has 15 nitrogen and oxygen atoms in total. The molecule has 8 aromatic rings. The van der Waals surface area contributed by atoms with Crippen molar-refractivity contribution < 1.29 is 18.4 Å². The smallest absolute Gasteiger partial charge is 0.376 e. The van der Waals surface area contributed by atoms with Crippen LogP contribution in [0.2, 0.25) is 5.02 Å². The molecule has 3 aliphatic rings. The van der Waals surface area contributed by atoms with Crippen LogP contribution < -0.4 is 11.4 Å². The number of fused-ring (bicyclic) bond motifs is 3. The molecule has 1 saturated heterocycles. The summed E-state index contributed by atoms with van der Waals surface area (Å²) >= 11 is 6.94. The largest absolute Gasteiger partial charge is 0.438 e. The van der Waals surface area contributed by atoms with Gasteiger partial charge in [0.25, 0.3) is 5.91 Å². The molecule has 1 saturated carbocycles. The first-order valence-electron chi connectivity index (χ1n) is 21.6. The summed E-state index contributed by atoms with van der Waals surface area (Å²) in [5, 5.41) is 15.6. The number of aromatic amines is 1. The summed E-state index contributed by atoms with van der Waals surface area (Å²) in [6.07, 6.45) is 7.75. The maximum atomic E-state index is 15.5. The molecule has 0 spiro atoms. The molecule has 1 N–H and O–H groups in total. The van der Waals surface area contributed by atoms with Gasteiger partial charge in [-0.2, -0.15) is 10.2 Å². The Morgan fingerprint density at radius 1 is 1.00 bits per heavy atom. The van der Waals surface area contributed by atoms with E-state index in [2.05, 4.69) is 54.2 Å². The fourth-order valence-electron chi connectivity index (χ4n) is 10.5. The van der Waals surface area contributed by atoms with Crippen molar-refractivity contribution in [1.82, 2.24) is 48.3 Å². The van der Waals surface area contributed by atoms with Crippen molar-refractivity contribution in [2.45, 2.75) is 83.4 Å². The lowest BCUT2D eigenvalue weighted by atomic mass is 9.83. The number of carbonyl (C=O) groups is 1. The number of halogens is 2. The predicted molar refractivity (Wildman–Crippen MR) is 238 cm³/mol. The number of hydrogen-bond donors (Lipinski definition) is 1. The molecule has 0 bridgehead atoms. The molecule has 2 fully saturated rings. The van der Waals surface area contributed by atoms with Crippen molar-refractivity contribution >= 4 is 39.3 Å². The number of aromatic nitrogens is 9. The van der Waals surface area contributed by atoms with Crippen molar-refractivity contribution in [3.8, 4) is 17.2 Å². The van der Waals surface area contributed by atoms with Gasteiger partial charge in [-0.3, -0.25) is 28.1 Å². The molecule has 7 heterocycles. The number of ether oxygens (including phenoxy) is 1. The highest BCUT2D eigenvalue weighted by Gasteiger charge is 2.59. The van der Waals surface area contributed by atoms with Gasteiger partial charge in [-0.05, 0) is 118 Å². The molecule has 5 aromatic heterocycles. The number of carbonyl (C=O) groups excluding carboxylic acids is 1. The van der Waals surface area contributed by atoms with Crippen LogP contribution in [-0.4, -0.2) is 73.0 Å². The minimum absolute atomic E-state index is 0.0176. The van der Waals surface area contributed by atoms with Gasteiger partial charge in [0.05, 0.1) is 45.4 Å². The Kier molecular flexibility index (Phi) is 8.96. The minimum Gasteiger partial charge on any atom is -0.376 e. The molecule has 11 rings (SSSR count). The fourth-order valence-corrected chi connectivity index (χ4v) is 10.8. The molecule has 0 unspecified atom stereocenters. The van der Waals surface area contributed by atoms with E-state index in [0.29, 0.717) is 81.9 Å². The van der Waals surface area contributed by atoms with E-state index in [1.54, 1.807) is 53.1 Å². The van der Waals surface area contributed by atoms with Gasteiger partial charge >= 0.3 is 11.4 Å². The number of hydrogen-bond acceptors (Lipinski definition) is 8. The van der Waals surface area contributed by atoms with Gasteiger partial charge in [0.2, 0.25) is 0 Å². The van der Waals surface area contributed by atoms with Gasteiger partial charge in [0.1, 0.15) is 22.9 Å². The van der Waals surface area contributed by atoms with Crippen molar-refractivity contribution in [2.24, 2.45) is 13.0 Å². The number of nitrogens with zero attached hydrogens (tertiary/aromatic N) is 9. The second kappa shape index (κ2) is 14.2. The van der Waals surface area contributed by atoms with Crippen LogP contribution in [-0.2, 0) is 23.7 Å². The Hall–Kier alpha value is -6.52. The molecule has 64 heavy (non-hydrogen) atoms. The molecule has 17 heteroatoms. The van der Waals surface area contributed by atoms with Crippen LogP contribution in [0.25, 0.3) is 39.0 Å². The highest BCUT2D eigenvalue weighted by Crippen LogP contribution is 2.56. The molecule has 1 aliphatic carbocycles. The Morgan fingerprint density at radius 3 is 2.52 bits per heavy atom. The van der Waals surface area contributed by atoms with E-state index in [-0.39, 0.29) is 29.2 Å². The molecule has 2 aliphatic heterocycles. The van der Waals surface area contributed by atoms with Crippen LogP contribution in [0, 0.1) is 18.7 Å². The quantitative estimate of drug-likeness (QED) is 0.171. The van der Waals surface area contributed by atoms with Gasteiger partial charge in [-0.15, -0.1) is 0 Å². The third-order valence-electron chi connectivity index (χ3n) is 13.9. The molecule has 3 aromatic carbocycles. The van der Waals surface area contributed by atoms with E-state index < -0.39 is 23.0 Å². The third kappa shape index (κ3) is 6.01. The summed E-state index contributed by atoms with van der Waals surface area (Å²) in [5.41, 5.74) is 4.60. The normalized spacial score (nSPS) is 21.8. The monoisotopic (exact) mass is 884 g/mol. The minimum atomic E-state index is -0.835. The molecule has 0 radical (unpaired) electrons. The standard InChI is InChI=1S/C47H46ClFN10O5/c1-25-19-31(8-9-33(25)49)59-41(57-17-16-56(45(57)62)37-12-11-36-32(40(37)48)24-50-54(36)6)39-27(3)55(15-13-34(39)52-59)42(60)38-21-30-20-28(29-14-18-63-46(4,5)23-29)7-10-35(30)58(38)47(22-26(47)2)43-51-44(61)64-53-43/h7-12,16-17,19-21,24,26-27,29H,13-15,18,22-23H2,1-6H3,(H,51,53,61)/t26-,27-,29-,47-/m0/s1. The lowest BCUT2D eigenvalue weighted by Gasteiger charge is -2.35. The van der Waals surface area contributed by atoms with Crippen LogP contribution in [0.1, 0.15) is 97.6 Å². The van der Waals surface area contributed by atoms with Crippen molar-refractivity contribution in [3.05, 3.63) is 139 Å². The highest BCUT2D eigenvalue weighted by molar-refractivity contribution is 6.37.